The highest BCUT2D eigenvalue weighted by atomic mass is 35.5. The number of hydrogen-bond acceptors (Lipinski definition) is 4. The first kappa shape index (κ1) is 25.7. The fraction of sp³-hybridized carbons (Fsp3) is 0.462. The van der Waals surface area contributed by atoms with Gasteiger partial charge in [0.1, 0.15) is 11.1 Å². The number of nitrogens with one attached hydrogen (secondary N) is 1. The van der Waals surface area contributed by atoms with Crippen LogP contribution in [-0.4, -0.2) is 35.8 Å². The fourth-order valence-corrected chi connectivity index (χ4v) is 4.50. The van der Waals surface area contributed by atoms with E-state index in [-0.39, 0.29) is 24.5 Å². The number of benzene rings is 1. The fourth-order valence-electron chi connectivity index (χ4n) is 4.21. The molecule has 1 heterocycles. The molecule has 1 aliphatic carbocycles. The van der Waals surface area contributed by atoms with E-state index in [1.807, 2.05) is 26.8 Å². The van der Waals surface area contributed by atoms with Crippen LogP contribution in [0, 0.1) is 5.92 Å². The van der Waals surface area contributed by atoms with E-state index in [1.165, 1.54) is 4.90 Å². The highest BCUT2D eigenvalue weighted by molar-refractivity contribution is 6.31. The first-order valence-electron chi connectivity index (χ1n) is 11.7. The molecule has 1 unspecified atom stereocenters. The van der Waals surface area contributed by atoms with Gasteiger partial charge >= 0.3 is 6.09 Å². The maximum atomic E-state index is 13.2. The monoisotopic (exact) mass is 486 g/mol. The maximum absolute atomic E-state index is 13.2. The Labute approximate surface area is 206 Å². The molecule has 1 saturated carbocycles. The predicted octanol–water partition coefficient (Wildman–Crippen LogP) is 4.47. The molecule has 2 aromatic rings. The topological polar surface area (TPSA) is 79.6 Å². The number of carbonyl (C=O) groups excluding carboxylic acids is 3. The molecule has 7 nitrogen and oxygen atoms in total. The molecule has 0 spiro atoms. The van der Waals surface area contributed by atoms with Gasteiger partial charge in [-0.25, -0.2) is 4.79 Å². The molecule has 1 aromatic heterocycles. The molecule has 1 N–H and O–H groups in total. The summed E-state index contributed by atoms with van der Waals surface area (Å²) in [6, 6.07) is 10.6. The van der Waals surface area contributed by atoms with Crippen LogP contribution in [0.4, 0.5) is 4.79 Å². The number of rotatable bonds is 7. The highest BCUT2D eigenvalue weighted by Crippen LogP contribution is 2.42. The number of amides is 2. The van der Waals surface area contributed by atoms with Crippen LogP contribution in [0.1, 0.15) is 62.4 Å². The summed E-state index contributed by atoms with van der Waals surface area (Å²) in [5, 5.41) is 3.41. The van der Waals surface area contributed by atoms with Crippen molar-refractivity contribution < 1.29 is 23.7 Å². The largest absolute Gasteiger partial charge is 0.415 e. The molecule has 3 rings (SSSR count). The van der Waals surface area contributed by atoms with Gasteiger partial charge in [-0.2, -0.15) is 4.57 Å². The number of likely N-dealkylation sites (N-methyl/N-ethyl adjacent to an activating group) is 1. The molecule has 0 saturated heterocycles. The van der Waals surface area contributed by atoms with Gasteiger partial charge in [-0.15, -0.1) is 0 Å². The van der Waals surface area contributed by atoms with Crippen molar-refractivity contribution in [3.63, 3.8) is 0 Å². The number of ether oxygens (including phenoxy) is 1. The minimum absolute atomic E-state index is 0.0293. The molecule has 1 fully saturated rings. The Hall–Kier alpha value is -2.93. The molecule has 8 heteroatoms. The van der Waals surface area contributed by atoms with E-state index in [0.29, 0.717) is 34.9 Å². The summed E-state index contributed by atoms with van der Waals surface area (Å²) in [4.78, 5) is 40.2. The summed E-state index contributed by atoms with van der Waals surface area (Å²) < 4.78 is 7.17. The van der Waals surface area contributed by atoms with Crippen molar-refractivity contribution in [3.8, 4) is 0 Å². The van der Waals surface area contributed by atoms with Crippen LogP contribution in [0.3, 0.4) is 0 Å². The number of hydrogen-bond donors (Lipinski definition) is 1. The summed E-state index contributed by atoms with van der Waals surface area (Å²) >= 11 is 6.46. The second-order valence-electron chi connectivity index (χ2n) is 9.18. The number of pyridine rings is 1. The number of halogens is 1. The second kappa shape index (κ2) is 11.0. The minimum atomic E-state index is -1.16. The third kappa shape index (κ3) is 5.41. The van der Waals surface area contributed by atoms with Crippen LogP contribution in [0.15, 0.2) is 48.8 Å². The van der Waals surface area contributed by atoms with Crippen LogP contribution < -0.4 is 9.88 Å². The molecular formula is C26H33ClN3O4+. The molecule has 0 radical (unpaired) electrons. The second-order valence-corrected chi connectivity index (χ2v) is 9.59. The maximum Gasteiger partial charge on any atom is 0.415 e. The number of aromatic nitrogens is 1. The zero-order chi connectivity index (χ0) is 24.9. The van der Waals surface area contributed by atoms with Crippen molar-refractivity contribution in [2.24, 2.45) is 5.92 Å². The number of Topliss-reactive ketones (excluding diaryl/α,β-unsaturated/α-hetero) is 1. The molecule has 1 aromatic carbocycles. The van der Waals surface area contributed by atoms with Crippen LogP contribution in [0.5, 0.6) is 0 Å². The van der Waals surface area contributed by atoms with Gasteiger partial charge in [-0.3, -0.25) is 14.5 Å². The van der Waals surface area contributed by atoms with Crippen molar-refractivity contribution in [2.75, 3.05) is 7.05 Å². The predicted molar refractivity (Wildman–Crippen MR) is 129 cm³/mol. The minimum Gasteiger partial charge on any atom is -0.388 e. The first-order valence-corrected chi connectivity index (χ1v) is 12.0. The van der Waals surface area contributed by atoms with Crippen molar-refractivity contribution in [1.82, 2.24) is 10.2 Å². The van der Waals surface area contributed by atoms with Gasteiger partial charge in [-0.1, -0.05) is 43.6 Å². The molecule has 0 aliphatic heterocycles. The SMILES string of the molecule is CC(C)[C@@H](C)NC(=O)c1ccc[n+](COC(=O)N(C)C2(c3ccccc3Cl)CCCCC2=O)c1. The number of nitrogens with zero attached hydrogens (tertiary/aromatic N) is 2. The molecule has 0 bridgehead atoms. The quantitative estimate of drug-likeness (QED) is 0.586. The van der Waals surface area contributed by atoms with Gasteiger partial charge in [0.2, 0.25) is 0 Å². The highest BCUT2D eigenvalue weighted by Gasteiger charge is 2.48. The van der Waals surface area contributed by atoms with E-state index in [9.17, 15) is 14.4 Å². The third-order valence-corrected chi connectivity index (χ3v) is 6.97. The lowest BCUT2D eigenvalue weighted by molar-refractivity contribution is -0.727. The van der Waals surface area contributed by atoms with Gasteiger partial charge < -0.3 is 10.1 Å². The van der Waals surface area contributed by atoms with Crippen LogP contribution in [-0.2, 0) is 21.8 Å². The van der Waals surface area contributed by atoms with Crippen molar-refractivity contribution in [1.29, 1.82) is 0 Å². The van der Waals surface area contributed by atoms with Crippen LogP contribution in [0.2, 0.25) is 5.02 Å². The van der Waals surface area contributed by atoms with Gasteiger partial charge in [0.05, 0.1) is 0 Å². The van der Waals surface area contributed by atoms with Gasteiger partial charge in [0.25, 0.3) is 12.6 Å². The van der Waals surface area contributed by atoms with Gasteiger partial charge in [0, 0.05) is 36.2 Å². The Morgan fingerprint density at radius 2 is 1.91 bits per heavy atom. The van der Waals surface area contributed by atoms with Crippen molar-refractivity contribution in [3.05, 3.63) is 64.9 Å². The molecular weight excluding hydrogens is 454 g/mol. The lowest BCUT2D eigenvalue weighted by Gasteiger charge is -2.43. The summed E-state index contributed by atoms with van der Waals surface area (Å²) in [7, 11) is 1.58. The Morgan fingerprint density at radius 3 is 2.59 bits per heavy atom. The average Bonchev–Trinajstić information content (AvgIpc) is 2.83. The normalized spacial score (nSPS) is 18.9. The smallest absolute Gasteiger partial charge is 0.388 e. The third-order valence-electron chi connectivity index (χ3n) is 6.64. The van der Waals surface area contributed by atoms with E-state index in [1.54, 1.807) is 54.3 Å². The van der Waals surface area contributed by atoms with Crippen molar-refractivity contribution >= 4 is 29.4 Å². The summed E-state index contributed by atoms with van der Waals surface area (Å²) in [5.74, 6) is 0.0746. The summed E-state index contributed by atoms with van der Waals surface area (Å²) in [5.41, 5.74) is -0.0756. The van der Waals surface area contributed by atoms with Gasteiger partial charge in [0.15, 0.2) is 18.2 Å². The van der Waals surface area contributed by atoms with Crippen LogP contribution >= 0.6 is 11.6 Å². The molecule has 182 valence electrons. The zero-order valence-electron chi connectivity index (χ0n) is 20.2. The van der Waals surface area contributed by atoms with E-state index in [4.69, 9.17) is 16.3 Å². The Morgan fingerprint density at radius 1 is 1.18 bits per heavy atom. The number of ketones is 1. The Balaban J connectivity index is 1.76. The van der Waals surface area contributed by atoms with Crippen molar-refractivity contribution in [2.45, 2.75) is 64.8 Å². The standard InChI is InChI=1S/C26H32ClN3O4/c1-18(2)19(3)28-24(32)20-10-9-15-30(16-20)17-34-25(33)29(4)26(14-8-7-13-23(26)31)21-11-5-6-12-22(21)27/h5-6,9-12,15-16,18-19H,7-8,13-14,17H2,1-4H3/p+1/t19-,26?/m1/s1. The lowest BCUT2D eigenvalue weighted by atomic mass is 9.74. The zero-order valence-corrected chi connectivity index (χ0v) is 21.0. The van der Waals surface area contributed by atoms with E-state index >= 15 is 0 Å². The lowest BCUT2D eigenvalue weighted by Crippen LogP contribution is -2.55. The van der Waals surface area contributed by atoms with Gasteiger partial charge in [-0.05, 0) is 44.2 Å². The summed E-state index contributed by atoms with van der Waals surface area (Å²) in [6.45, 7) is 5.94. The van der Waals surface area contributed by atoms with Crippen LogP contribution in [0.25, 0.3) is 0 Å². The summed E-state index contributed by atoms with van der Waals surface area (Å²) in [6.07, 6.45) is 5.16. The molecule has 1 aliphatic rings. The van der Waals surface area contributed by atoms with E-state index < -0.39 is 11.6 Å². The van der Waals surface area contributed by atoms with E-state index in [0.717, 1.165) is 12.8 Å². The molecule has 2 amide bonds. The molecule has 2 atom stereocenters. The Bertz CT molecular complexity index is 1060. The average molecular weight is 487 g/mol. The first-order chi connectivity index (χ1) is 16.2. The number of carbonyl (C=O) groups is 3. The Kier molecular flexibility index (Phi) is 8.31. The molecule has 34 heavy (non-hydrogen) atoms. The van der Waals surface area contributed by atoms with E-state index in [2.05, 4.69) is 5.32 Å².